The lowest BCUT2D eigenvalue weighted by atomic mass is 10.2. The van der Waals surface area contributed by atoms with Crippen molar-refractivity contribution >= 4 is 24.7 Å². The number of benzene rings is 2. The van der Waals surface area contributed by atoms with Gasteiger partial charge in [-0.05, 0) is 21.3 Å². The van der Waals surface area contributed by atoms with Crippen LogP contribution in [0.2, 0.25) is 5.04 Å². The van der Waals surface area contributed by atoms with Crippen LogP contribution in [0, 0.1) is 5.92 Å². The molecular weight excluding hydrogens is 340 g/mol. The first-order chi connectivity index (χ1) is 12.3. The van der Waals surface area contributed by atoms with E-state index in [1.165, 1.54) is 16.4 Å². The second kappa shape index (κ2) is 8.47. The topological polar surface area (TPSA) is 46.5 Å². The highest BCUT2D eigenvalue weighted by atomic mass is 28.4. The molecule has 0 bridgehead atoms. The molecule has 2 aromatic rings. The number of rotatable bonds is 7. The number of aliphatic carboxylic acids is 1. The van der Waals surface area contributed by atoms with Crippen molar-refractivity contribution in [3.8, 4) is 0 Å². The van der Waals surface area contributed by atoms with Gasteiger partial charge in [0.25, 0.3) is 8.32 Å². The molecule has 0 aliphatic rings. The lowest BCUT2D eigenvalue weighted by molar-refractivity contribution is -0.131. The monoisotopic (exact) mass is 368 g/mol. The number of carboxylic acid groups (broad SMARTS) is 1. The Bertz CT molecular complexity index is 693. The van der Waals surface area contributed by atoms with Crippen molar-refractivity contribution in [1.29, 1.82) is 0 Å². The molecule has 0 fully saturated rings. The fourth-order valence-electron chi connectivity index (χ4n) is 3.32. The third-order valence-electron chi connectivity index (χ3n) is 4.55. The number of carbonyl (C=O) groups is 1. The average Bonchev–Trinajstić information content (AvgIpc) is 2.61. The molecule has 0 aliphatic carbocycles. The van der Waals surface area contributed by atoms with Gasteiger partial charge in [-0.2, -0.15) is 0 Å². The van der Waals surface area contributed by atoms with Crippen LogP contribution in [0.4, 0.5) is 0 Å². The lowest BCUT2D eigenvalue weighted by Gasteiger charge is -2.43. The summed E-state index contributed by atoms with van der Waals surface area (Å²) >= 11 is 0. The van der Waals surface area contributed by atoms with Gasteiger partial charge in [0.1, 0.15) is 0 Å². The zero-order valence-electron chi connectivity index (χ0n) is 16.0. The molecule has 0 saturated heterocycles. The molecule has 0 aromatic heterocycles. The maximum absolute atomic E-state index is 10.8. The van der Waals surface area contributed by atoms with Gasteiger partial charge < -0.3 is 9.53 Å². The maximum Gasteiger partial charge on any atom is 0.327 e. The molecule has 0 radical (unpaired) electrons. The zero-order chi connectivity index (χ0) is 19.2. The van der Waals surface area contributed by atoms with E-state index in [4.69, 9.17) is 9.53 Å². The van der Waals surface area contributed by atoms with Gasteiger partial charge in [-0.25, -0.2) is 4.79 Å². The first-order valence-corrected chi connectivity index (χ1v) is 10.8. The van der Waals surface area contributed by atoms with Gasteiger partial charge in [0.2, 0.25) is 0 Å². The summed E-state index contributed by atoms with van der Waals surface area (Å²) in [6.45, 7) is 9.17. The summed E-state index contributed by atoms with van der Waals surface area (Å²) in [5, 5.41) is 11.2. The molecule has 2 rings (SSSR count). The minimum absolute atomic E-state index is 0.0211. The van der Waals surface area contributed by atoms with Crippen molar-refractivity contribution in [2.24, 2.45) is 5.92 Å². The Labute approximate surface area is 157 Å². The third kappa shape index (κ3) is 4.51. The molecule has 0 saturated carbocycles. The van der Waals surface area contributed by atoms with Crippen LogP contribution in [0.15, 0.2) is 72.8 Å². The highest BCUT2D eigenvalue weighted by molar-refractivity contribution is 6.99. The van der Waals surface area contributed by atoms with Crippen LogP contribution in [-0.2, 0) is 9.22 Å². The van der Waals surface area contributed by atoms with Crippen LogP contribution in [0.5, 0.6) is 0 Å². The maximum atomic E-state index is 10.8. The van der Waals surface area contributed by atoms with Crippen molar-refractivity contribution in [3.63, 3.8) is 0 Å². The molecule has 0 aliphatic heterocycles. The van der Waals surface area contributed by atoms with E-state index in [9.17, 15) is 4.79 Å². The van der Waals surface area contributed by atoms with Crippen molar-refractivity contribution in [2.75, 3.05) is 6.61 Å². The van der Waals surface area contributed by atoms with Crippen LogP contribution in [0.1, 0.15) is 27.7 Å². The van der Waals surface area contributed by atoms with E-state index in [0.29, 0.717) is 6.61 Å². The molecule has 138 valence electrons. The normalized spacial score (nSPS) is 13.7. The van der Waals surface area contributed by atoms with Crippen molar-refractivity contribution in [2.45, 2.75) is 32.7 Å². The first kappa shape index (κ1) is 20.1. The number of hydrogen-bond donors (Lipinski definition) is 1. The summed E-state index contributed by atoms with van der Waals surface area (Å²) in [5.74, 6) is -0.907. The lowest BCUT2D eigenvalue weighted by Crippen LogP contribution is -2.66. The van der Waals surface area contributed by atoms with E-state index in [0.717, 1.165) is 0 Å². The molecule has 0 spiro atoms. The SMILES string of the molecule is C[C@@H](C=CC(=O)O)CO[Si](c1ccccc1)(c1ccccc1)C(C)(C)C. The Morgan fingerprint density at radius 2 is 1.50 bits per heavy atom. The predicted molar refractivity (Wildman–Crippen MR) is 110 cm³/mol. The Kier molecular flexibility index (Phi) is 6.56. The second-order valence-electron chi connectivity index (χ2n) is 7.65. The van der Waals surface area contributed by atoms with Crippen molar-refractivity contribution < 1.29 is 14.3 Å². The molecule has 1 N–H and O–H groups in total. The Hall–Kier alpha value is -2.17. The largest absolute Gasteiger partial charge is 0.478 e. The minimum Gasteiger partial charge on any atom is -0.478 e. The van der Waals surface area contributed by atoms with Crippen LogP contribution in [0.3, 0.4) is 0 Å². The predicted octanol–water partition coefficient (Wildman–Crippen LogP) is 3.84. The van der Waals surface area contributed by atoms with Gasteiger partial charge in [0.15, 0.2) is 0 Å². The number of hydrogen-bond acceptors (Lipinski definition) is 2. The smallest absolute Gasteiger partial charge is 0.327 e. The third-order valence-corrected chi connectivity index (χ3v) is 9.55. The van der Waals surface area contributed by atoms with Crippen LogP contribution in [-0.4, -0.2) is 26.0 Å². The van der Waals surface area contributed by atoms with Crippen LogP contribution >= 0.6 is 0 Å². The van der Waals surface area contributed by atoms with Gasteiger partial charge in [0, 0.05) is 12.7 Å². The van der Waals surface area contributed by atoms with Crippen LogP contribution in [0.25, 0.3) is 0 Å². The van der Waals surface area contributed by atoms with E-state index in [-0.39, 0.29) is 11.0 Å². The Morgan fingerprint density at radius 1 is 1.04 bits per heavy atom. The highest BCUT2D eigenvalue weighted by Crippen LogP contribution is 2.37. The van der Waals surface area contributed by atoms with Gasteiger partial charge in [0.05, 0.1) is 0 Å². The van der Waals surface area contributed by atoms with Gasteiger partial charge in [-0.15, -0.1) is 0 Å². The molecule has 1 atom stereocenters. The van der Waals surface area contributed by atoms with E-state index < -0.39 is 14.3 Å². The molecule has 0 heterocycles. The minimum atomic E-state index is -2.55. The van der Waals surface area contributed by atoms with E-state index >= 15 is 0 Å². The fourth-order valence-corrected chi connectivity index (χ4v) is 7.99. The van der Waals surface area contributed by atoms with Gasteiger partial charge in [-0.1, -0.05) is 94.4 Å². The summed E-state index contributed by atoms with van der Waals surface area (Å²) in [6.07, 6.45) is 2.89. The van der Waals surface area contributed by atoms with E-state index in [2.05, 4.69) is 69.3 Å². The molecule has 0 unspecified atom stereocenters. The molecule has 2 aromatic carbocycles. The van der Waals surface area contributed by atoms with Crippen molar-refractivity contribution in [1.82, 2.24) is 0 Å². The highest BCUT2D eigenvalue weighted by Gasteiger charge is 2.50. The first-order valence-electron chi connectivity index (χ1n) is 8.93. The van der Waals surface area contributed by atoms with Gasteiger partial charge in [-0.3, -0.25) is 0 Å². The molecule has 26 heavy (non-hydrogen) atoms. The molecular formula is C22H28O3Si. The molecule has 0 amide bonds. The van der Waals surface area contributed by atoms with Crippen LogP contribution < -0.4 is 10.4 Å². The van der Waals surface area contributed by atoms with E-state index in [1.807, 2.05) is 19.1 Å². The summed E-state index contributed by atoms with van der Waals surface area (Å²) < 4.78 is 6.76. The van der Waals surface area contributed by atoms with Crippen molar-refractivity contribution in [3.05, 3.63) is 72.8 Å². The average molecular weight is 369 g/mol. The standard InChI is InChI=1S/C22H28O3Si/c1-18(15-16-21(23)24)17-25-26(22(2,3)4,19-11-7-5-8-12-19)20-13-9-6-10-14-20/h5-16,18H,17H2,1-4H3,(H,23,24)/t18-/m0/s1. The number of carboxylic acids is 1. The zero-order valence-corrected chi connectivity index (χ0v) is 17.0. The molecule has 4 heteroatoms. The van der Waals surface area contributed by atoms with E-state index in [1.54, 1.807) is 6.08 Å². The summed E-state index contributed by atoms with van der Waals surface area (Å²) in [5.41, 5.74) is 0. The quantitative estimate of drug-likeness (QED) is 0.597. The Morgan fingerprint density at radius 3 is 1.88 bits per heavy atom. The fraction of sp³-hybridized carbons (Fsp3) is 0.318. The Balaban J connectivity index is 2.49. The second-order valence-corrected chi connectivity index (χ2v) is 12.0. The summed E-state index contributed by atoms with van der Waals surface area (Å²) in [6, 6.07) is 20.9. The molecule has 3 nitrogen and oxygen atoms in total. The summed E-state index contributed by atoms with van der Waals surface area (Å²) in [4.78, 5) is 10.8. The summed E-state index contributed by atoms with van der Waals surface area (Å²) in [7, 11) is -2.55. The van der Waals surface area contributed by atoms with Gasteiger partial charge >= 0.3 is 5.97 Å².